The van der Waals surface area contributed by atoms with Crippen LogP contribution in [0, 0.1) is 5.92 Å². The summed E-state index contributed by atoms with van der Waals surface area (Å²) in [5.41, 5.74) is 0.661. The van der Waals surface area contributed by atoms with Crippen molar-refractivity contribution in [3.8, 4) is 5.75 Å². The van der Waals surface area contributed by atoms with Crippen molar-refractivity contribution in [3.63, 3.8) is 0 Å². The Hall–Kier alpha value is -1.22. The average Bonchev–Trinajstić information content (AvgIpc) is 2.27. The van der Waals surface area contributed by atoms with E-state index in [2.05, 4.69) is 19.2 Å². The molecule has 1 amide bonds. The Kier molecular flexibility index (Phi) is 5.12. The number of anilines is 1. The third-order valence-corrected chi connectivity index (χ3v) is 2.10. The summed E-state index contributed by atoms with van der Waals surface area (Å²) in [7, 11) is 0. The number of carbonyl (C=O) groups is 1. The fourth-order valence-electron chi connectivity index (χ4n) is 1.14. The van der Waals surface area contributed by atoms with Crippen molar-refractivity contribution < 1.29 is 9.53 Å². The van der Waals surface area contributed by atoms with Gasteiger partial charge >= 0.3 is 0 Å². The highest BCUT2D eigenvalue weighted by Crippen LogP contribution is 2.24. The summed E-state index contributed by atoms with van der Waals surface area (Å²) in [5, 5.41) is 2.69. The molecule has 0 aliphatic heterocycles. The number of amides is 1. The summed E-state index contributed by atoms with van der Waals surface area (Å²) in [6.07, 6.45) is 0. The monoisotopic (exact) mass is 241 g/mol. The molecule has 0 unspecified atom stereocenters. The van der Waals surface area contributed by atoms with Crippen LogP contribution in [0.25, 0.3) is 0 Å². The van der Waals surface area contributed by atoms with Gasteiger partial charge in [-0.3, -0.25) is 4.79 Å². The number of halogens is 1. The number of para-hydroxylation sites is 2. The molecular formula is C12H16ClNO2. The van der Waals surface area contributed by atoms with Crippen molar-refractivity contribution in [2.45, 2.75) is 13.8 Å². The highest BCUT2D eigenvalue weighted by molar-refractivity contribution is 6.29. The van der Waals surface area contributed by atoms with E-state index in [1.165, 1.54) is 0 Å². The average molecular weight is 242 g/mol. The highest BCUT2D eigenvalue weighted by atomic mass is 35.5. The predicted octanol–water partition coefficient (Wildman–Crippen LogP) is 2.90. The van der Waals surface area contributed by atoms with Gasteiger partial charge in [0.25, 0.3) is 0 Å². The first-order chi connectivity index (χ1) is 7.63. The SMILES string of the molecule is CC(C)COc1ccccc1NC(=O)CCl. The van der Waals surface area contributed by atoms with E-state index in [0.29, 0.717) is 24.0 Å². The molecule has 3 nitrogen and oxygen atoms in total. The standard InChI is InChI=1S/C12H16ClNO2/c1-9(2)8-16-11-6-4-3-5-10(11)14-12(15)7-13/h3-6,9H,7-8H2,1-2H3,(H,14,15). The van der Waals surface area contributed by atoms with Gasteiger partial charge in [-0.2, -0.15) is 0 Å². The summed E-state index contributed by atoms with van der Waals surface area (Å²) >= 11 is 5.43. The number of hydrogen-bond acceptors (Lipinski definition) is 2. The predicted molar refractivity (Wildman–Crippen MR) is 66.1 cm³/mol. The van der Waals surface area contributed by atoms with Crippen molar-refractivity contribution >= 4 is 23.2 Å². The summed E-state index contributed by atoms with van der Waals surface area (Å²) in [6, 6.07) is 7.32. The molecule has 16 heavy (non-hydrogen) atoms. The van der Waals surface area contributed by atoms with Gasteiger partial charge in [0.2, 0.25) is 5.91 Å². The van der Waals surface area contributed by atoms with E-state index >= 15 is 0 Å². The Morgan fingerprint density at radius 2 is 2.12 bits per heavy atom. The maximum Gasteiger partial charge on any atom is 0.239 e. The van der Waals surface area contributed by atoms with Crippen LogP contribution in [0.4, 0.5) is 5.69 Å². The van der Waals surface area contributed by atoms with Gasteiger partial charge in [-0.25, -0.2) is 0 Å². The molecule has 0 bridgehead atoms. The molecule has 0 heterocycles. The molecule has 1 rings (SSSR count). The number of hydrogen-bond donors (Lipinski definition) is 1. The lowest BCUT2D eigenvalue weighted by molar-refractivity contribution is -0.113. The lowest BCUT2D eigenvalue weighted by atomic mass is 10.2. The summed E-state index contributed by atoms with van der Waals surface area (Å²) in [5.74, 6) is 0.826. The molecular weight excluding hydrogens is 226 g/mol. The lowest BCUT2D eigenvalue weighted by Gasteiger charge is -2.13. The van der Waals surface area contributed by atoms with Crippen LogP contribution in [0.1, 0.15) is 13.8 Å². The van der Waals surface area contributed by atoms with Gasteiger partial charge in [0.1, 0.15) is 11.6 Å². The molecule has 0 saturated carbocycles. The van der Waals surface area contributed by atoms with E-state index in [4.69, 9.17) is 16.3 Å². The molecule has 0 fully saturated rings. The maximum absolute atomic E-state index is 11.2. The fourth-order valence-corrected chi connectivity index (χ4v) is 1.20. The number of alkyl halides is 1. The molecule has 1 aromatic carbocycles. The quantitative estimate of drug-likeness (QED) is 0.805. The van der Waals surface area contributed by atoms with Gasteiger partial charge in [0.15, 0.2) is 0 Å². The van der Waals surface area contributed by atoms with E-state index < -0.39 is 0 Å². The number of ether oxygens (including phenoxy) is 1. The summed E-state index contributed by atoms with van der Waals surface area (Å²) in [4.78, 5) is 11.2. The minimum atomic E-state index is -0.234. The Morgan fingerprint density at radius 3 is 2.75 bits per heavy atom. The first kappa shape index (κ1) is 12.8. The zero-order chi connectivity index (χ0) is 12.0. The molecule has 1 aromatic rings. The van der Waals surface area contributed by atoms with Crippen molar-refractivity contribution in [1.29, 1.82) is 0 Å². The molecule has 1 N–H and O–H groups in total. The van der Waals surface area contributed by atoms with Crippen LogP contribution < -0.4 is 10.1 Å². The lowest BCUT2D eigenvalue weighted by Crippen LogP contribution is -2.14. The van der Waals surface area contributed by atoms with Gasteiger partial charge < -0.3 is 10.1 Å². The maximum atomic E-state index is 11.2. The van der Waals surface area contributed by atoms with Crippen LogP contribution in [0.2, 0.25) is 0 Å². The van der Waals surface area contributed by atoms with Crippen molar-refractivity contribution in [1.82, 2.24) is 0 Å². The largest absolute Gasteiger partial charge is 0.491 e. The third-order valence-electron chi connectivity index (χ3n) is 1.85. The molecule has 4 heteroatoms. The summed E-state index contributed by atoms with van der Waals surface area (Å²) in [6.45, 7) is 4.76. The van der Waals surface area contributed by atoms with E-state index in [1.54, 1.807) is 6.07 Å². The Balaban J connectivity index is 2.71. The molecule has 0 aliphatic carbocycles. The van der Waals surface area contributed by atoms with E-state index in [0.717, 1.165) is 0 Å². The Morgan fingerprint density at radius 1 is 1.44 bits per heavy atom. The van der Waals surface area contributed by atoms with Crippen LogP contribution in [-0.4, -0.2) is 18.4 Å². The van der Waals surface area contributed by atoms with Crippen LogP contribution in [0.3, 0.4) is 0 Å². The van der Waals surface area contributed by atoms with Crippen LogP contribution in [0.15, 0.2) is 24.3 Å². The smallest absolute Gasteiger partial charge is 0.239 e. The molecule has 0 atom stereocenters. The van der Waals surface area contributed by atoms with Crippen LogP contribution in [0.5, 0.6) is 5.75 Å². The second kappa shape index (κ2) is 6.38. The minimum absolute atomic E-state index is 0.0570. The number of rotatable bonds is 5. The van der Waals surface area contributed by atoms with Crippen LogP contribution >= 0.6 is 11.6 Å². The molecule has 88 valence electrons. The number of nitrogens with one attached hydrogen (secondary N) is 1. The second-order valence-corrected chi connectivity index (χ2v) is 4.15. The van der Waals surface area contributed by atoms with Crippen molar-refractivity contribution in [2.24, 2.45) is 5.92 Å². The number of benzene rings is 1. The molecule has 0 aliphatic rings. The van der Waals surface area contributed by atoms with Gasteiger partial charge in [-0.1, -0.05) is 26.0 Å². The molecule has 0 spiro atoms. The molecule has 0 aromatic heterocycles. The second-order valence-electron chi connectivity index (χ2n) is 3.88. The molecule has 0 radical (unpaired) electrons. The van der Waals surface area contributed by atoms with Gasteiger partial charge in [-0.15, -0.1) is 11.6 Å². The zero-order valence-corrected chi connectivity index (χ0v) is 10.3. The third kappa shape index (κ3) is 4.11. The number of carbonyl (C=O) groups excluding carboxylic acids is 1. The minimum Gasteiger partial charge on any atom is -0.491 e. The van der Waals surface area contributed by atoms with Crippen LogP contribution in [-0.2, 0) is 4.79 Å². The van der Waals surface area contributed by atoms with Gasteiger partial charge in [0, 0.05) is 0 Å². The normalized spacial score (nSPS) is 10.2. The highest BCUT2D eigenvalue weighted by Gasteiger charge is 2.06. The van der Waals surface area contributed by atoms with Gasteiger partial charge in [-0.05, 0) is 18.1 Å². The topological polar surface area (TPSA) is 38.3 Å². The summed E-state index contributed by atoms with van der Waals surface area (Å²) < 4.78 is 5.59. The van der Waals surface area contributed by atoms with E-state index in [9.17, 15) is 4.79 Å². The first-order valence-electron chi connectivity index (χ1n) is 5.21. The van der Waals surface area contributed by atoms with Gasteiger partial charge in [0.05, 0.1) is 12.3 Å². The Bertz CT molecular complexity index is 353. The zero-order valence-electron chi connectivity index (χ0n) is 9.50. The van der Waals surface area contributed by atoms with E-state index in [-0.39, 0.29) is 11.8 Å². The van der Waals surface area contributed by atoms with E-state index in [1.807, 2.05) is 18.2 Å². The van der Waals surface area contributed by atoms with Crippen molar-refractivity contribution in [2.75, 3.05) is 17.8 Å². The first-order valence-corrected chi connectivity index (χ1v) is 5.74. The fraction of sp³-hybridized carbons (Fsp3) is 0.417. The Labute approximate surface area is 101 Å². The molecule has 0 saturated heterocycles. The van der Waals surface area contributed by atoms with Crippen molar-refractivity contribution in [3.05, 3.63) is 24.3 Å².